The van der Waals surface area contributed by atoms with Crippen molar-refractivity contribution in [3.63, 3.8) is 0 Å². The van der Waals surface area contributed by atoms with E-state index in [2.05, 4.69) is 0 Å². The van der Waals surface area contributed by atoms with Gasteiger partial charge >= 0.3 is 0 Å². The van der Waals surface area contributed by atoms with Crippen LogP contribution >= 0.6 is 0 Å². The Morgan fingerprint density at radius 3 is 2.25 bits per heavy atom. The van der Waals surface area contributed by atoms with E-state index in [0.29, 0.717) is 32.6 Å². The number of hydrogen-bond donors (Lipinski definition) is 0. The van der Waals surface area contributed by atoms with E-state index in [1.165, 1.54) is 0 Å². The zero-order chi connectivity index (χ0) is 15.2. The molecule has 1 heterocycles. The largest absolute Gasteiger partial charge is 0.341 e. The first kappa shape index (κ1) is 17.4. The van der Waals surface area contributed by atoms with Gasteiger partial charge in [0.05, 0.1) is 5.75 Å². The Labute approximate surface area is 123 Å². The first-order valence-electron chi connectivity index (χ1n) is 7.72. The third kappa shape index (κ3) is 4.45. The van der Waals surface area contributed by atoms with Crippen molar-refractivity contribution in [1.82, 2.24) is 9.21 Å². The monoisotopic (exact) mass is 304 g/mol. The molecule has 0 saturated carbocycles. The van der Waals surface area contributed by atoms with E-state index in [-0.39, 0.29) is 17.6 Å². The molecule has 0 aromatic carbocycles. The average molecular weight is 304 g/mol. The molecule has 1 aliphatic rings. The third-order valence-electron chi connectivity index (χ3n) is 3.96. The topological polar surface area (TPSA) is 57.7 Å². The lowest BCUT2D eigenvalue weighted by Crippen LogP contribution is -2.40. The van der Waals surface area contributed by atoms with Crippen LogP contribution < -0.4 is 0 Å². The van der Waals surface area contributed by atoms with Gasteiger partial charge in [-0.3, -0.25) is 4.79 Å². The van der Waals surface area contributed by atoms with Crippen molar-refractivity contribution in [3.05, 3.63) is 0 Å². The van der Waals surface area contributed by atoms with Gasteiger partial charge in [0, 0.05) is 32.1 Å². The molecule has 0 aromatic heterocycles. The first-order chi connectivity index (χ1) is 9.46. The summed E-state index contributed by atoms with van der Waals surface area (Å²) < 4.78 is 25.7. The number of sulfonamides is 1. The van der Waals surface area contributed by atoms with E-state index < -0.39 is 10.0 Å². The van der Waals surface area contributed by atoms with Crippen molar-refractivity contribution in [2.24, 2.45) is 5.92 Å². The van der Waals surface area contributed by atoms with Crippen LogP contribution in [-0.2, 0) is 14.8 Å². The van der Waals surface area contributed by atoms with Crippen LogP contribution in [0, 0.1) is 5.92 Å². The Morgan fingerprint density at radius 1 is 1.05 bits per heavy atom. The number of rotatable bonds is 6. The maximum Gasteiger partial charge on any atom is 0.225 e. The molecule has 5 nitrogen and oxygen atoms in total. The second kappa shape index (κ2) is 7.98. The summed E-state index contributed by atoms with van der Waals surface area (Å²) in [5.74, 6) is 0.464. The van der Waals surface area contributed by atoms with Crippen LogP contribution in [0.5, 0.6) is 0 Å². The van der Waals surface area contributed by atoms with Crippen LogP contribution in [0.4, 0.5) is 0 Å². The van der Waals surface area contributed by atoms with Crippen molar-refractivity contribution in [3.8, 4) is 0 Å². The van der Waals surface area contributed by atoms with Crippen LogP contribution in [0.15, 0.2) is 0 Å². The molecule has 20 heavy (non-hydrogen) atoms. The number of hydrogen-bond acceptors (Lipinski definition) is 3. The highest BCUT2D eigenvalue weighted by atomic mass is 32.2. The summed E-state index contributed by atoms with van der Waals surface area (Å²) in [6.45, 7) is 8.11. The summed E-state index contributed by atoms with van der Waals surface area (Å²) in [6.07, 6.45) is 3.07. The molecule has 1 rings (SSSR count). The average Bonchev–Trinajstić information content (AvgIpc) is 2.66. The smallest absolute Gasteiger partial charge is 0.225 e. The highest BCUT2D eigenvalue weighted by molar-refractivity contribution is 7.89. The van der Waals surface area contributed by atoms with Crippen molar-refractivity contribution < 1.29 is 13.2 Å². The predicted octanol–water partition coefficient (Wildman–Crippen LogP) is 1.70. The summed E-state index contributed by atoms with van der Waals surface area (Å²) >= 11 is 0. The number of carbonyl (C=O) groups excluding carboxylic acids is 1. The molecule has 0 bridgehead atoms. The SMILES string of the molecule is CCCS(=O)(=O)N1CCCN(C(=O)C(CC)CC)CC1. The second-order valence-corrected chi connectivity index (χ2v) is 7.50. The van der Waals surface area contributed by atoms with Crippen molar-refractivity contribution in [1.29, 1.82) is 0 Å². The summed E-state index contributed by atoms with van der Waals surface area (Å²) in [5.41, 5.74) is 0. The molecule has 0 aromatic rings. The Hall–Kier alpha value is -0.620. The fourth-order valence-corrected chi connectivity index (χ4v) is 4.22. The van der Waals surface area contributed by atoms with E-state index >= 15 is 0 Å². The van der Waals surface area contributed by atoms with Crippen molar-refractivity contribution in [2.45, 2.75) is 46.5 Å². The molecule has 0 spiro atoms. The minimum Gasteiger partial charge on any atom is -0.341 e. The lowest BCUT2D eigenvalue weighted by Gasteiger charge is -2.25. The van der Waals surface area contributed by atoms with Gasteiger partial charge in [-0.2, -0.15) is 0 Å². The molecule has 1 amide bonds. The van der Waals surface area contributed by atoms with Crippen LogP contribution in [0.2, 0.25) is 0 Å². The summed E-state index contributed by atoms with van der Waals surface area (Å²) in [4.78, 5) is 14.2. The molecule has 1 fully saturated rings. The highest BCUT2D eigenvalue weighted by Gasteiger charge is 2.28. The predicted molar refractivity (Wildman–Crippen MR) is 80.9 cm³/mol. The summed E-state index contributed by atoms with van der Waals surface area (Å²) in [6, 6.07) is 0. The molecule has 0 atom stereocenters. The Balaban J connectivity index is 2.66. The molecule has 0 radical (unpaired) electrons. The van der Waals surface area contributed by atoms with Gasteiger partial charge in [-0.15, -0.1) is 0 Å². The standard InChI is InChI=1S/C14H28N2O3S/c1-4-12-20(18,19)16-9-7-8-15(10-11-16)14(17)13(5-2)6-3/h13H,4-12H2,1-3H3. The lowest BCUT2D eigenvalue weighted by atomic mass is 10.0. The Kier molecular flexibility index (Phi) is 6.95. The third-order valence-corrected chi connectivity index (χ3v) is 6.03. The van der Waals surface area contributed by atoms with Gasteiger partial charge in [-0.1, -0.05) is 20.8 Å². The number of carbonyl (C=O) groups is 1. The van der Waals surface area contributed by atoms with Gasteiger partial charge in [0.2, 0.25) is 15.9 Å². The minimum absolute atomic E-state index is 0.0776. The fourth-order valence-electron chi connectivity index (χ4n) is 2.68. The van der Waals surface area contributed by atoms with Crippen molar-refractivity contribution in [2.75, 3.05) is 31.9 Å². The van der Waals surface area contributed by atoms with E-state index in [1.807, 2.05) is 25.7 Å². The lowest BCUT2D eigenvalue weighted by molar-refractivity contribution is -0.135. The molecule has 0 unspecified atom stereocenters. The fraction of sp³-hybridized carbons (Fsp3) is 0.929. The molecular weight excluding hydrogens is 276 g/mol. The van der Waals surface area contributed by atoms with Crippen LogP contribution in [0.3, 0.4) is 0 Å². The minimum atomic E-state index is -3.14. The van der Waals surface area contributed by atoms with Crippen LogP contribution in [0.25, 0.3) is 0 Å². The van der Waals surface area contributed by atoms with Gasteiger partial charge < -0.3 is 4.90 Å². The highest BCUT2D eigenvalue weighted by Crippen LogP contribution is 2.15. The molecule has 0 aliphatic carbocycles. The van der Waals surface area contributed by atoms with Gasteiger partial charge in [0.15, 0.2) is 0 Å². The van der Waals surface area contributed by atoms with E-state index in [0.717, 1.165) is 19.3 Å². The van der Waals surface area contributed by atoms with Gasteiger partial charge in [0.1, 0.15) is 0 Å². The second-order valence-electron chi connectivity index (χ2n) is 5.41. The molecule has 6 heteroatoms. The van der Waals surface area contributed by atoms with Crippen LogP contribution in [-0.4, -0.2) is 55.5 Å². The van der Waals surface area contributed by atoms with Crippen LogP contribution in [0.1, 0.15) is 46.5 Å². The molecule has 0 N–H and O–H groups in total. The van der Waals surface area contributed by atoms with E-state index in [9.17, 15) is 13.2 Å². The number of nitrogens with zero attached hydrogens (tertiary/aromatic N) is 2. The van der Waals surface area contributed by atoms with E-state index in [4.69, 9.17) is 0 Å². The number of amides is 1. The van der Waals surface area contributed by atoms with E-state index in [1.54, 1.807) is 4.31 Å². The zero-order valence-corrected chi connectivity index (χ0v) is 13.8. The maximum absolute atomic E-state index is 12.4. The first-order valence-corrected chi connectivity index (χ1v) is 9.33. The Bertz CT molecular complexity index is 405. The zero-order valence-electron chi connectivity index (χ0n) is 13.0. The molecule has 1 saturated heterocycles. The Morgan fingerprint density at radius 2 is 1.70 bits per heavy atom. The van der Waals surface area contributed by atoms with Crippen molar-refractivity contribution >= 4 is 15.9 Å². The molecular formula is C14H28N2O3S. The maximum atomic E-state index is 12.4. The molecule has 1 aliphatic heterocycles. The molecule has 118 valence electrons. The normalized spacial score (nSPS) is 18.3. The quantitative estimate of drug-likeness (QED) is 0.750. The summed E-state index contributed by atoms with van der Waals surface area (Å²) in [7, 11) is -3.14. The van der Waals surface area contributed by atoms with Gasteiger partial charge in [-0.05, 0) is 25.7 Å². The van der Waals surface area contributed by atoms with Gasteiger partial charge in [0.25, 0.3) is 0 Å². The summed E-state index contributed by atoms with van der Waals surface area (Å²) in [5, 5.41) is 0. The van der Waals surface area contributed by atoms with Gasteiger partial charge in [-0.25, -0.2) is 12.7 Å².